The summed E-state index contributed by atoms with van der Waals surface area (Å²) in [5.74, 6) is 0.848. The van der Waals surface area contributed by atoms with Crippen LogP contribution in [-0.2, 0) is 20.2 Å². The number of hydrogen-bond donors (Lipinski definition) is 5. The molecule has 0 atom stereocenters. The van der Waals surface area contributed by atoms with Gasteiger partial charge in [-0.15, -0.1) is 16.7 Å². The molecule has 0 saturated heterocycles. The van der Waals surface area contributed by atoms with Gasteiger partial charge in [-0.3, -0.25) is 9.87 Å². The standard InChI is InChI=1S/C51H43N4O11S2.2Na/c1-28-25-29(2)46(54-50(56)64-36-15-9-7-10-16-36)30(3)45(28)52-34-21-23-38-41(26-34)66-42-27-35(22-24-39(42)44(38)40-19-13-14-20-43(40)67(58,59)60)53-47-31(4)48(33(6)49(32(47)5)68(61,62)63)55-51(57)65-37-17-11-8-12-18-37;;/h7-24,26-27,52H,1-6H3,(H,54,56)(H,55,57)(H,58,59,60)(H,61,62,63);;/q-1;2*+1. The summed E-state index contributed by atoms with van der Waals surface area (Å²) in [6.45, 7) is 10.1. The Balaban J connectivity index is 0.00000402. The Hall–Kier alpha value is -5.83. The van der Waals surface area contributed by atoms with E-state index in [0.717, 1.165) is 5.56 Å². The molecule has 8 rings (SSSR count). The summed E-state index contributed by atoms with van der Waals surface area (Å²) >= 11 is 0. The van der Waals surface area contributed by atoms with Crippen molar-refractivity contribution in [1.29, 1.82) is 0 Å². The number of amides is 2. The smallest absolute Gasteiger partial charge is 0.744 e. The fraction of sp³-hybridized carbons (Fsp3) is 0.118. The van der Waals surface area contributed by atoms with Crippen molar-refractivity contribution >= 4 is 71.8 Å². The summed E-state index contributed by atoms with van der Waals surface area (Å²) in [6.07, 6.45) is -1.60. The average Bonchev–Trinajstić information content (AvgIpc) is 3.28. The van der Waals surface area contributed by atoms with Crippen LogP contribution in [0, 0.1) is 47.6 Å². The second kappa shape index (κ2) is 21.7. The Morgan fingerprint density at radius 1 is 0.643 bits per heavy atom. The predicted molar refractivity (Wildman–Crippen MR) is 255 cm³/mol. The molecular formula is C51H43N4Na2O11S2+. The fourth-order valence-electron chi connectivity index (χ4n) is 8.38. The summed E-state index contributed by atoms with van der Waals surface area (Å²) in [4.78, 5) is 28.4. The number of rotatable bonds is 10. The van der Waals surface area contributed by atoms with E-state index in [1.54, 1.807) is 110 Å². The molecule has 0 unspecified atom stereocenters. The number of fused-ring (bicyclic) bond motifs is 2. The van der Waals surface area contributed by atoms with E-state index >= 15 is 0 Å². The molecule has 15 nitrogen and oxygen atoms in total. The Labute approximate surface area is 448 Å². The Kier molecular flexibility index (Phi) is 16.6. The largest absolute Gasteiger partial charge is 1.00 e. The SMILES string of the molecule is Cc1[c-]c(C)c(Nc2ccc3c(-c4ccccc4S(=O)(=O)O)c4ccc(=[NH+]c5c(C)c(NC(=O)Oc6ccccc6)c(C)c(S(=O)(=O)[O-])c5C)cc-4oc3c2)c(C)c1NC(=O)Oc1ccccc1.[Na+].[Na+]. The minimum atomic E-state index is -5.08. The first-order valence-electron chi connectivity index (χ1n) is 20.9. The molecule has 70 heavy (non-hydrogen) atoms. The normalized spacial score (nSPS) is 11.6. The monoisotopic (exact) mass is 997 g/mol. The van der Waals surface area contributed by atoms with E-state index in [-0.39, 0.29) is 104 Å². The van der Waals surface area contributed by atoms with Crippen molar-refractivity contribution in [2.45, 2.75) is 51.3 Å². The zero-order valence-electron chi connectivity index (χ0n) is 39.4. The van der Waals surface area contributed by atoms with Gasteiger partial charge in [-0.25, -0.2) is 23.0 Å². The number of ether oxygens (including phenoxy) is 2. The first-order valence-corrected chi connectivity index (χ1v) is 23.8. The third-order valence-corrected chi connectivity index (χ3v) is 13.4. The van der Waals surface area contributed by atoms with Gasteiger partial charge in [-0.2, -0.15) is 14.5 Å². The van der Waals surface area contributed by atoms with Gasteiger partial charge >= 0.3 is 71.3 Å². The van der Waals surface area contributed by atoms with Crippen molar-refractivity contribution in [2.24, 2.45) is 0 Å². The van der Waals surface area contributed by atoms with Crippen molar-refractivity contribution in [3.63, 3.8) is 0 Å². The van der Waals surface area contributed by atoms with Crippen LogP contribution >= 0.6 is 0 Å². The molecule has 19 heteroatoms. The van der Waals surface area contributed by atoms with Crippen LogP contribution in [0.4, 0.5) is 38.0 Å². The number of carbonyl (C=O) groups is 2. The van der Waals surface area contributed by atoms with E-state index in [0.29, 0.717) is 67.0 Å². The molecule has 6 aromatic carbocycles. The first-order chi connectivity index (χ1) is 32.3. The molecule has 0 spiro atoms. The number of aryl methyl sites for hydroxylation is 2. The van der Waals surface area contributed by atoms with Gasteiger partial charge in [0.05, 0.1) is 16.6 Å². The number of anilines is 4. The van der Waals surface area contributed by atoms with Crippen molar-refractivity contribution in [2.75, 3.05) is 16.0 Å². The van der Waals surface area contributed by atoms with Gasteiger partial charge in [0, 0.05) is 51.0 Å². The van der Waals surface area contributed by atoms with E-state index in [1.807, 2.05) is 26.8 Å². The van der Waals surface area contributed by atoms with Crippen LogP contribution in [0.15, 0.2) is 136 Å². The van der Waals surface area contributed by atoms with E-state index in [4.69, 9.17) is 13.9 Å². The zero-order chi connectivity index (χ0) is 48.7. The van der Waals surface area contributed by atoms with Crippen LogP contribution in [0.1, 0.15) is 33.4 Å². The van der Waals surface area contributed by atoms with Gasteiger partial charge in [0.2, 0.25) is 11.0 Å². The summed E-state index contributed by atoms with van der Waals surface area (Å²) in [7, 11) is -9.81. The molecule has 1 aliphatic heterocycles. The van der Waals surface area contributed by atoms with Crippen LogP contribution < -0.4 is 94.9 Å². The molecule has 2 amide bonds. The molecule has 1 heterocycles. The summed E-state index contributed by atoms with van der Waals surface area (Å²) in [6, 6.07) is 36.4. The van der Waals surface area contributed by atoms with E-state index < -0.39 is 37.3 Å². The van der Waals surface area contributed by atoms with Crippen LogP contribution in [0.2, 0.25) is 0 Å². The minimum absolute atomic E-state index is 0. The van der Waals surface area contributed by atoms with E-state index in [9.17, 15) is 35.5 Å². The van der Waals surface area contributed by atoms with E-state index in [1.165, 1.54) is 26.0 Å². The molecule has 6 aromatic rings. The summed E-state index contributed by atoms with van der Waals surface area (Å²) < 4.78 is 91.9. The zero-order valence-corrected chi connectivity index (χ0v) is 45.0. The van der Waals surface area contributed by atoms with Gasteiger partial charge in [0.1, 0.15) is 37.9 Å². The van der Waals surface area contributed by atoms with Crippen molar-refractivity contribution in [3.05, 3.63) is 166 Å². The summed E-state index contributed by atoms with van der Waals surface area (Å²) in [5, 5.41) is 9.73. The van der Waals surface area contributed by atoms with Crippen LogP contribution in [0.25, 0.3) is 33.4 Å². The van der Waals surface area contributed by atoms with Crippen LogP contribution in [-0.4, -0.2) is 38.1 Å². The average molecular weight is 998 g/mol. The molecule has 1 aliphatic carbocycles. The van der Waals surface area contributed by atoms with Gasteiger partial charge in [0.25, 0.3) is 10.1 Å². The van der Waals surface area contributed by atoms with Gasteiger partial charge in [-0.05, 0) is 74.9 Å². The predicted octanol–water partition coefficient (Wildman–Crippen LogP) is 3.29. The molecule has 2 aliphatic rings. The molecule has 346 valence electrons. The molecule has 0 bridgehead atoms. The van der Waals surface area contributed by atoms with Crippen molar-refractivity contribution in [1.82, 2.24) is 0 Å². The number of nitrogens with one attached hydrogen (secondary N) is 4. The maximum Gasteiger partial charge on any atom is 1.00 e. The third kappa shape index (κ3) is 11.3. The maximum atomic E-state index is 13.1. The molecular weight excluding hydrogens is 955 g/mol. The van der Waals surface area contributed by atoms with E-state index in [2.05, 4.69) is 27.0 Å². The molecule has 0 aromatic heterocycles. The Bertz CT molecular complexity index is 3610. The summed E-state index contributed by atoms with van der Waals surface area (Å²) in [5.41, 5.74) is 5.89. The number of carbonyl (C=O) groups excluding carboxylic acids is 2. The van der Waals surface area contributed by atoms with Crippen LogP contribution in [0.5, 0.6) is 11.5 Å². The first kappa shape index (κ1) is 53.5. The number of benzene rings is 7. The fourth-order valence-corrected chi connectivity index (χ4v) is 10.0. The van der Waals surface area contributed by atoms with Gasteiger partial charge < -0.3 is 29.1 Å². The second-order valence-electron chi connectivity index (χ2n) is 15.9. The third-order valence-electron chi connectivity index (χ3n) is 11.4. The molecule has 0 saturated carbocycles. The second-order valence-corrected chi connectivity index (χ2v) is 18.6. The maximum absolute atomic E-state index is 13.1. The molecule has 5 N–H and O–H groups in total. The minimum Gasteiger partial charge on any atom is -0.744 e. The Morgan fingerprint density at radius 2 is 1.21 bits per heavy atom. The van der Waals surface area contributed by atoms with Gasteiger partial charge in [-0.1, -0.05) is 86.7 Å². The van der Waals surface area contributed by atoms with Crippen molar-refractivity contribution in [3.8, 4) is 33.9 Å². The Morgan fingerprint density at radius 3 is 1.81 bits per heavy atom. The van der Waals surface area contributed by atoms with Gasteiger partial charge in [0.15, 0.2) is 0 Å². The number of para-hydroxylation sites is 2. The van der Waals surface area contributed by atoms with Crippen LogP contribution in [0.3, 0.4) is 0 Å². The quantitative estimate of drug-likeness (QED) is 0.0576. The molecule has 0 fully saturated rings. The topological polar surface area (TPSA) is 227 Å². The number of hydrogen-bond acceptors (Lipinski definition) is 11. The van der Waals surface area contributed by atoms with Crippen molar-refractivity contribution < 1.29 is 114 Å². The molecule has 0 radical (unpaired) electrons.